The van der Waals surface area contributed by atoms with Gasteiger partial charge in [0.1, 0.15) is 5.75 Å². The molecule has 1 aromatic heterocycles. The molecule has 2 aromatic carbocycles. The normalized spacial score (nSPS) is 11.9. The van der Waals surface area contributed by atoms with E-state index in [0.29, 0.717) is 23.9 Å². The van der Waals surface area contributed by atoms with Crippen molar-refractivity contribution in [3.05, 3.63) is 53.9 Å². The number of nitrogens with zero attached hydrogens (tertiary/aromatic N) is 4. The molecule has 0 spiro atoms. The lowest BCUT2D eigenvalue weighted by Crippen LogP contribution is -2.37. The maximum Gasteiger partial charge on any atom is 0.412 e. The zero-order valence-electron chi connectivity index (χ0n) is 16.3. The van der Waals surface area contributed by atoms with Crippen LogP contribution in [-0.4, -0.2) is 46.1 Å². The van der Waals surface area contributed by atoms with Crippen molar-refractivity contribution in [2.45, 2.75) is 26.8 Å². The molecule has 28 heavy (non-hydrogen) atoms. The number of nitrogens with one attached hydrogen (secondary N) is 1. The van der Waals surface area contributed by atoms with E-state index in [2.05, 4.69) is 20.8 Å². The van der Waals surface area contributed by atoms with Gasteiger partial charge >= 0.3 is 6.09 Å². The van der Waals surface area contributed by atoms with Crippen LogP contribution in [0.15, 0.2) is 42.5 Å². The van der Waals surface area contributed by atoms with Crippen LogP contribution in [0.4, 0.5) is 4.79 Å². The van der Waals surface area contributed by atoms with Gasteiger partial charge in [-0.15, -0.1) is 5.10 Å². The summed E-state index contributed by atoms with van der Waals surface area (Å²) in [6.07, 6.45) is -0.551. The first-order valence-electron chi connectivity index (χ1n) is 8.91. The van der Waals surface area contributed by atoms with Crippen molar-refractivity contribution in [1.29, 1.82) is 0 Å². The number of carbonyl (C=O) groups excluding carboxylic acids is 1. The summed E-state index contributed by atoms with van der Waals surface area (Å²) in [4.78, 5) is 12.2. The second-order valence-corrected chi connectivity index (χ2v) is 6.61. The van der Waals surface area contributed by atoms with E-state index in [-0.39, 0.29) is 6.04 Å². The van der Waals surface area contributed by atoms with Gasteiger partial charge in [-0.2, -0.15) is 4.68 Å². The number of aryl methyl sites for hydroxylation is 2. The zero-order valence-corrected chi connectivity index (χ0v) is 16.3. The second kappa shape index (κ2) is 8.62. The van der Waals surface area contributed by atoms with Gasteiger partial charge < -0.3 is 14.8 Å². The fourth-order valence-corrected chi connectivity index (χ4v) is 2.78. The van der Waals surface area contributed by atoms with Gasteiger partial charge in [-0.3, -0.25) is 0 Å². The van der Waals surface area contributed by atoms with Gasteiger partial charge in [0, 0.05) is 13.2 Å². The van der Waals surface area contributed by atoms with Gasteiger partial charge in [-0.1, -0.05) is 29.8 Å². The van der Waals surface area contributed by atoms with Gasteiger partial charge in [-0.25, -0.2) is 4.79 Å². The first kappa shape index (κ1) is 19.5. The summed E-state index contributed by atoms with van der Waals surface area (Å²) in [5.41, 5.74) is 3.75. The van der Waals surface area contributed by atoms with E-state index in [0.717, 1.165) is 11.1 Å². The van der Waals surface area contributed by atoms with E-state index in [1.54, 1.807) is 24.8 Å². The molecule has 0 saturated carbocycles. The Morgan fingerprint density at radius 2 is 1.89 bits per heavy atom. The number of benzene rings is 2. The summed E-state index contributed by atoms with van der Waals surface area (Å²) >= 11 is 0. The van der Waals surface area contributed by atoms with Gasteiger partial charge in [0.05, 0.1) is 18.3 Å². The molecular weight excluding hydrogens is 358 g/mol. The lowest BCUT2D eigenvalue weighted by molar-refractivity contribution is 0.159. The molecule has 0 aliphatic carbocycles. The Labute approximate surface area is 163 Å². The number of amides is 1. The van der Waals surface area contributed by atoms with Crippen molar-refractivity contribution >= 4 is 6.09 Å². The number of methoxy groups -OCH3 is 1. The molecule has 0 radical (unpaired) electrons. The van der Waals surface area contributed by atoms with E-state index >= 15 is 0 Å². The molecule has 1 N–H and O–H groups in total. The average molecular weight is 381 g/mol. The Kier molecular flexibility index (Phi) is 6.00. The number of hydrogen-bond donors (Lipinski definition) is 1. The Hall–Kier alpha value is -3.26. The van der Waals surface area contributed by atoms with E-state index in [1.165, 1.54) is 5.56 Å². The molecule has 3 rings (SSSR count). The summed E-state index contributed by atoms with van der Waals surface area (Å²) in [5.74, 6) is 1.02. The van der Waals surface area contributed by atoms with E-state index in [1.807, 2.05) is 50.2 Å². The summed E-state index contributed by atoms with van der Waals surface area (Å²) < 4.78 is 12.1. The number of hydrogen-bond acceptors (Lipinski definition) is 6. The fraction of sp³-hybridized carbons (Fsp3) is 0.300. The van der Waals surface area contributed by atoms with Crippen LogP contribution in [0, 0.1) is 13.8 Å². The number of rotatable bonds is 6. The van der Waals surface area contributed by atoms with Crippen molar-refractivity contribution in [3.63, 3.8) is 0 Å². The molecular formula is C20H23N5O3. The van der Waals surface area contributed by atoms with E-state index < -0.39 is 6.09 Å². The van der Waals surface area contributed by atoms with Crippen LogP contribution in [-0.2, 0) is 4.74 Å². The lowest BCUT2D eigenvalue weighted by Gasteiger charge is -2.14. The zero-order chi connectivity index (χ0) is 20.1. The average Bonchev–Trinajstić information content (AvgIpc) is 3.08. The van der Waals surface area contributed by atoms with Crippen molar-refractivity contribution in [2.75, 3.05) is 13.7 Å². The molecule has 1 unspecified atom stereocenters. The highest BCUT2D eigenvalue weighted by Crippen LogP contribution is 2.28. The quantitative estimate of drug-likeness (QED) is 0.706. The third kappa shape index (κ3) is 4.72. The largest absolute Gasteiger partial charge is 0.412 e. The van der Waals surface area contributed by atoms with Gasteiger partial charge in [0.15, 0.2) is 5.82 Å². The van der Waals surface area contributed by atoms with Crippen LogP contribution in [0.5, 0.6) is 5.75 Å². The number of aromatic nitrogens is 4. The fourth-order valence-electron chi connectivity index (χ4n) is 2.78. The summed E-state index contributed by atoms with van der Waals surface area (Å²) in [6.45, 7) is 6.07. The van der Waals surface area contributed by atoms with Crippen LogP contribution < -0.4 is 10.1 Å². The monoisotopic (exact) mass is 381 g/mol. The standard InChI is InChI=1S/C20H23N5O3/c1-13-5-7-16(8-6-13)17-9-18(25-15(3)22-23-24-25)11-19(10-17)28-20(26)21-14(2)12-27-4/h5-11,14H,12H2,1-4H3,(H,21,26). The third-order valence-corrected chi connectivity index (χ3v) is 4.14. The molecule has 0 aliphatic heterocycles. The molecule has 3 aromatic rings. The van der Waals surface area contributed by atoms with Crippen LogP contribution in [0.25, 0.3) is 16.8 Å². The number of tetrazole rings is 1. The Bertz CT molecular complexity index is 953. The molecule has 0 fully saturated rings. The van der Waals surface area contributed by atoms with Crippen molar-refractivity contribution < 1.29 is 14.3 Å². The number of carbonyl (C=O) groups is 1. The third-order valence-electron chi connectivity index (χ3n) is 4.14. The Morgan fingerprint density at radius 3 is 2.54 bits per heavy atom. The van der Waals surface area contributed by atoms with Crippen LogP contribution in [0.1, 0.15) is 18.3 Å². The first-order valence-corrected chi connectivity index (χ1v) is 8.91. The maximum absolute atomic E-state index is 12.2. The minimum absolute atomic E-state index is 0.168. The van der Waals surface area contributed by atoms with Crippen molar-refractivity contribution in [2.24, 2.45) is 0 Å². The molecule has 8 nitrogen and oxygen atoms in total. The van der Waals surface area contributed by atoms with E-state index in [4.69, 9.17) is 9.47 Å². The molecule has 8 heteroatoms. The Morgan fingerprint density at radius 1 is 1.14 bits per heavy atom. The molecule has 1 atom stereocenters. The first-order chi connectivity index (χ1) is 13.5. The van der Waals surface area contributed by atoms with E-state index in [9.17, 15) is 4.79 Å². The van der Waals surface area contributed by atoms with Crippen LogP contribution >= 0.6 is 0 Å². The molecule has 0 saturated heterocycles. The smallest absolute Gasteiger partial charge is 0.410 e. The van der Waals surface area contributed by atoms with Gasteiger partial charge in [0.25, 0.3) is 0 Å². The maximum atomic E-state index is 12.2. The minimum Gasteiger partial charge on any atom is -0.410 e. The molecule has 1 amide bonds. The minimum atomic E-state index is -0.551. The van der Waals surface area contributed by atoms with Crippen molar-refractivity contribution in [1.82, 2.24) is 25.5 Å². The lowest BCUT2D eigenvalue weighted by atomic mass is 10.0. The Balaban J connectivity index is 1.94. The highest BCUT2D eigenvalue weighted by Gasteiger charge is 2.13. The SMILES string of the molecule is COCC(C)NC(=O)Oc1cc(-c2ccc(C)cc2)cc(-n2nnnc2C)c1. The molecule has 0 aliphatic rings. The molecule has 0 bridgehead atoms. The molecule has 1 heterocycles. The number of ether oxygens (including phenoxy) is 2. The second-order valence-electron chi connectivity index (χ2n) is 6.61. The highest BCUT2D eigenvalue weighted by molar-refractivity contribution is 5.74. The molecule has 146 valence electrons. The van der Waals surface area contributed by atoms with Gasteiger partial charge in [0.2, 0.25) is 0 Å². The summed E-state index contributed by atoms with van der Waals surface area (Å²) in [6, 6.07) is 13.4. The summed E-state index contributed by atoms with van der Waals surface area (Å²) in [5, 5.41) is 14.4. The van der Waals surface area contributed by atoms with Crippen LogP contribution in [0.2, 0.25) is 0 Å². The van der Waals surface area contributed by atoms with Crippen molar-refractivity contribution in [3.8, 4) is 22.6 Å². The summed E-state index contributed by atoms with van der Waals surface area (Å²) in [7, 11) is 1.58. The highest BCUT2D eigenvalue weighted by atomic mass is 16.6. The topological polar surface area (TPSA) is 91.2 Å². The van der Waals surface area contributed by atoms with Gasteiger partial charge in [-0.05, 0) is 54.5 Å². The predicted molar refractivity (Wildman–Crippen MR) is 105 cm³/mol. The predicted octanol–water partition coefficient (Wildman–Crippen LogP) is 3.07. The van der Waals surface area contributed by atoms with Crippen LogP contribution in [0.3, 0.4) is 0 Å².